The van der Waals surface area contributed by atoms with Crippen LogP contribution < -0.4 is 20.3 Å². The molecule has 2 N–H and O–H groups in total. The average molecular weight is 378 g/mol. The third-order valence-electron chi connectivity index (χ3n) is 4.90. The lowest BCUT2D eigenvalue weighted by molar-refractivity contribution is 0.407. The van der Waals surface area contributed by atoms with Crippen LogP contribution in [-0.4, -0.2) is 37.3 Å². The van der Waals surface area contributed by atoms with Crippen LogP contribution in [0.5, 0.6) is 5.75 Å². The van der Waals surface area contributed by atoms with Gasteiger partial charge in [-0.25, -0.2) is 4.98 Å². The summed E-state index contributed by atoms with van der Waals surface area (Å²) in [7, 11) is 1.65. The Bertz CT molecular complexity index is 912. The van der Waals surface area contributed by atoms with Gasteiger partial charge in [0.2, 0.25) is 0 Å². The van der Waals surface area contributed by atoms with Gasteiger partial charge in [0, 0.05) is 42.1 Å². The number of piperazine rings is 1. The third-order valence-corrected chi connectivity index (χ3v) is 4.90. The number of hydrogen-bond acceptors (Lipinski definition) is 6. The van der Waals surface area contributed by atoms with E-state index in [2.05, 4.69) is 58.6 Å². The summed E-state index contributed by atoms with van der Waals surface area (Å²) in [4.78, 5) is 6.76. The van der Waals surface area contributed by atoms with Crippen LogP contribution in [0.2, 0.25) is 0 Å². The van der Waals surface area contributed by atoms with E-state index in [0.29, 0.717) is 23.9 Å². The van der Waals surface area contributed by atoms with E-state index in [1.54, 1.807) is 13.3 Å². The number of nitrogens with zero attached hydrogens (tertiary/aromatic N) is 2. The molecule has 2 unspecified atom stereocenters. The first-order valence-corrected chi connectivity index (χ1v) is 9.59. The summed E-state index contributed by atoms with van der Waals surface area (Å²) in [6, 6.07) is 17.6. The van der Waals surface area contributed by atoms with Gasteiger partial charge in [-0.15, -0.1) is 0 Å². The molecule has 0 bridgehead atoms. The number of hydrogen-bond donors (Lipinski definition) is 2. The third kappa shape index (κ3) is 4.12. The molecule has 28 heavy (non-hydrogen) atoms. The minimum atomic E-state index is 0.468. The lowest BCUT2D eigenvalue weighted by Crippen LogP contribution is -2.54. The van der Waals surface area contributed by atoms with Crippen LogP contribution in [0.4, 0.5) is 17.4 Å². The molecule has 2 aromatic carbocycles. The predicted molar refractivity (Wildman–Crippen MR) is 112 cm³/mol. The van der Waals surface area contributed by atoms with E-state index in [1.165, 1.54) is 5.69 Å². The maximum absolute atomic E-state index is 5.85. The van der Waals surface area contributed by atoms with Crippen molar-refractivity contribution in [1.29, 1.82) is 0 Å². The lowest BCUT2D eigenvalue weighted by Gasteiger charge is -2.37. The average Bonchev–Trinajstić information content (AvgIpc) is 3.16. The second-order valence-electron chi connectivity index (χ2n) is 7.31. The van der Waals surface area contributed by atoms with E-state index in [9.17, 15) is 0 Å². The standard InChI is InChI=1S/C22H26N4O2/c1-15-13-26(14-16(2)24-15)19-9-7-18(8-10-19)25-22-23-12-21(28-22)17-5-4-6-20(11-17)27-3/h4-12,15-16,24H,13-14H2,1-3H3,(H,23,25). The highest BCUT2D eigenvalue weighted by Crippen LogP contribution is 2.28. The van der Waals surface area contributed by atoms with E-state index in [0.717, 1.165) is 30.1 Å². The minimum Gasteiger partial charge on any atom is -0.497 e. The van der Waals surface area contributed by atoms with Crippen LogP contribution in [0.25, 0.3) is 11.3 Å². The molecule has 6 heteroatoms. The number of rotatable bonds is 5. The second kappa shape index (κ2) is 7.94. The van der Waals surface area contributed by atoms with Crippen LogP contribution >= 0.6 is 0 Å². The Labute approximate surface area is 165 Å². The van der Waals surface area contributed by atoms with Crippen molar-refractivity contribution in [2.75, 3.05) is 30.4 Å². The van der Waals surface area contributed by atoms with Crippen molar-refractivity contribution in [2.45, 2.75) is 25.9 Å². The quantitative estimate of drug-likeness (QED) is 0.691. The van der Waals surface area contributed by atoms with Crippen molar-refractivity contribution in [2.24, 2.45) is 0 Å². The summed E-state index contributed by atoms with van der Waals surface area (Å²) in [6.07, 6.45) is 1.72. The van der Waals surface area contributed by atoms with Crippen molar-refractivity contribution < 1.29 is 9.15 Å². The highest BCUT2D eigenvalue weighted by Gasteiger charge is 2.21. The molecule has 1 fully saturated rings. The molecular weight excluding hydrogens is 352 g/mol. The van der Waals surface area contributed by atoms with Gasteiger partial charge in [0.05, 0.1) is 13.3 Å². The van der Waals surface area contributed by atoms with Gasteiger partial charge in [-0.1, -0.05) is 12.1 Å². The Morgan fingerprint density at radius 1 is 1.11 bits per heavy atom. The molecule has 0 spiro atoms. The molecule has 3 aromatic rings. The van der Waals surface area contributed by atoms with Gasteiger partial charge >= 0.3 is 0 Å². The number of benzene rings is 2. The van der Waals surface area contributed by atoms with Crippen LogP contribution in [0.3, 0.4) is 0 Å². The van der Waals surface area contributed by atoms with Crippen LogP contribution in [0.1, 0.15) is 13.8 Å². The first kappa shape index (κ1) is 18.4. The predicted octanol–water partition coefficient (Wildman–Crippen LogP) is 4.28. The van der Waals surface area contributed by atoms with Gasteiger partial charge in [-0.2, -0.15) is 0 Å². The fourth-order valence-corrected chi connectivity index (χ4v) is 3.66. The molecule has 6 nitrogen and oxygen atoms in total. The van der Waals surface area contributed by atoms with Crippen molar-refractivity contribution >= 4 is 17.4 Å². The summed E-state index contributed by atoms with van der Waals surface area (Å²) in [5.41, 5.74) is 3.10. The SMILES string of the molecule is COc1cccc(-c2cnc(Nc3ccc(N4CC(C)NC(C)C4)cc3)o2)c1. The zero-order valence-electron chi connectivity index (χ0n) is 16.5. The van der Waals surface area contributed by atoms with Crippen molar-refractivity contribution in [1.82, 2.24) is 10.3 Å². The Kier molecular flexibility index (Phi) is 5.21. The molecule has 2 atom stereocenters. The Balaban J connectivity index is 1.44. The van der Waals surface area contributed by atoms with Gasteiger partial charge < -0.3 is 24.7 Å². The highest BCUT2D eigenvalue weighted by atomic mass is 16.5. The maximum Gasteiger partial charge on any atom is 0.299 e. The van der Waals surface area contributed by atoms with Crippen LogP contribution in [-0.2, 0) is 0 Å². The van der Waals surface area contributed by atoms with E-state index in [1.807, 2.05) is 24.3 Å². The first-order valence-electron chi connectivity index (χ1n) is 9.59. The molecule has 1 aliphatic rings. The van der Waals surface area contributed by atoms with Crippen LogP contribution in [0.15, 0.2) is 59.1 Å². The van der Waals surface area contributed by atoms with Crippen LogP contribution in [0, 0.1) is 0 Å². The number of oxazole rings is 1. The van der Waals surface area contributed by atoms with Gasteiger partial charge in [0.1, 0.15) is 5.75 Å². The molecular formula is C22H26N4O2. The Morgan fingerprint density at radius 3 is 2.57 bits per heavy atom. The zero-order chi connectivity index (χ0) is 19.5. The molecule has 0 saturated carbocycles. The van der Waals surface area contributed by atoms with Gasteiger partial charge in [0.15, 0.2) is 5.76 Å². The van der Waals surface area contributed by atoms with E-state index in [4.69, 9.17) is 9.15 Å². The summed E-state index contributed by atoms with van der Waals surface area (Å²) in [5, 5.41) is 6.79. The number of methoxy groups -OCH3 is 1. The number of nitrogens with one attached hydrogen (secondary N) is 2. The van der Waals surface area contributed by atoms with Gasteiger partial charge in [-0.3, -0.25) is 0 Å². The van der Waals surface area contributed by atoms with Crippen molar-refractivity contribution in [3.05, 3.63) is 54.7 Å². The van der Waals surface area contributed by atoms with Crippen molar-refractivity contribution in [3.8, 4) is 17.1 Å². The normalized spacial score (nSPS) is 19.5. The Morgan fingerprint density at radius 2 is 1.86 bits per heavy atom. The molecule has 0 amide bonds. The molecule has 0 radical (unpaired) electrons. The number of anilines is 3. The van der Waals surface area contributed by atoms with E-state index in [-0.39, 0.29) is 0 Å². The molecule has 2 heterocycles. The monoisotopic (exact) mass is 378 g/mol. The van der Waals surface area contributed by atoms with Gasteiger partial charge in [0.25, 0.3) is 6.01 Å². The van der Waals surface area contributed by atoms with Gasteiger partial charge in [-0.05, 0) is 50.2 Å². The van der Waals surface area contributed by atoms with E-state index < -0.39 is 0 Å². The molecule has 146 valence electrons. The summed E-state index contributed by atoms with van der Waals surface area (Å²) >= 11 is 0. The fourth-order valence-electron chi connectivity index (χ4n) is 3.66. The smallest absolute Gasteiger partial charge is 0.299 e. The summed E-state index contributed by atoms with van der Waals surface area (Å²) in [5.74, 6) is 1.48. The van der Waals surface area contributed by atoms with Crippen molar-refractivity contribution in [3.63, 3.8) is 0 Å². The largest absolute Gasteiger partial charge is 0.497 e. The number of ether oxygens (including phenoxy) is 1. The molecule has 4 rings (SSSR count). The maximum atomic E-state index is 5.85. The summed E-state index contributed by atoms with van der Waals surface area (Å²) < 4.78 is 11.1. The summed E-state index contributed by atoms with van der Waals surface area (Å²) in [6.45, 7) is 6.48. The lowest BCUT2D eigenvalue weighted by atomic mass is 10.1. The fraction of sp³-hybridized carbons (Fsp3) is 0.318. The molecule has 1 aliphatic heterocycles. The molecule has 1 saturated heterocycles. The highest BCUT2D eigenvalue weighted by molar-refractivity contribution is 5.62. The Hall–Kier alpha value is -2.99. The number of aromatic nitrogens is 1. The van der Waals surface area contributed by atoms with E-state index >= 15 is 0 Å². The second-order valence-corrected chi connectivity index (χ2v) is 7.31. The first-order chi connectivity index (χ1) is 13.6. The minimum absolute atomic E-state index is 0.468. The zero-order valence-corrected chi connectivity index (χ0v) is 16.5. The molecule has 0 aliphatic carbocycles. The molecule has 1 aromatic heterocycles. The topological polar surface area (TPSA) is 62.6 Å².